The van der Waals surface area contributed by atoms with Crippen molar-refractivity contribution in [2.24, 2.45) is 0 Å². The normalized spacial score (nSPS) is 11.8. The van der Waals surface area contributed by atoms with Gasteiger partial charge in [0, 0.05) is 12.2 Å². The molecule has 1 aromatic carbocycles. The first-order valence-corrected chi connectivity index (χ1v) is 7.09. The summed E-state index contributed by atoms with van der Waals surface area (Å²) in [4.78, 5) is 4.37. The second-order valence-electron chi connectivity index (χ2n) is 4.79. The van der Waals surface area contributed by atoms with Crippen LogP contribution in [-0.2, 0) is 10.3 Å². The highest BCUT2D eigenvalue weighted by Crippen LogP contribution is 2.32. The van der Waals surface area contributed by atoms with Gasteiger partial charge in [-0.1, -0.05) is 19.0 Å². The summed E-state index contributed by atoms with van der Waals surface area (Å²) in [6.07, 6.45) is 1.46. The van der Waals surface area contributed by atoms with Gasteiger partial charge in [0.1, 0.15) is 11.4 Å². The Labute approximate surface area is 123 Å². The van der Waals surface area contributed by atoms with E-state index in [1.165, 1.54) is 12.1 Å². The Hall–Kier alpha value is -1.95. The molecule has 0 amide bonds. The SMILES string of the molecule is CCOC(CC)(CC)c1noc(-c2ccc(N)c(F)c2)n1. The molecule has 0 spiro atoms. The number of hydrogen-bond donors (Lipinski definition) is 1. The molecule has 1 aromatic heterocycles. The zero-order valence-electron chi connectivity index (χ0n) is 12.5. The number of aromatic nitrogens is 2. The van der Waals surface area contributed by atoms with E-state index in [1.54, 1.807) is 6.07 Å². The molecule has 2 N–H and O–H groups in total. The third-order valence-corrected chi connectivity index (χ3v) is 3.64. The van der Waals surface area contributed by atoms with E-state index in [0.29, 0.717) is 18.0 Å². The predicted octanol–water partition coefficient (Wildman–Crippen LogP) is 3.51. The van der Waals surface area contributed by atoms with Gasteiger partial charge in [-0.3, -0.25) is 0 Å². The van der Waals surface area contributed by atoms with Crippen molar-refractivity contribution in [1.29, 1.82) is 0 Å². The summed E-state index contributed by atoms with van der Waals surface area (Å²) < 4.78 is 24.6. The third-order valence-electron chi connectivity index (χ3n) is 3.64. The van der Waals surface area contributed by atoms with Crippen molar-refractivity contribution in [2.45, 2.75) is 39.2 Å². The first-order valence-electron chi connectivity index (χ1n) is 7.09. The molecule has 0 unspecified atom stereocenters. The van der Waals surface area contributed by atoms with Gasteiger partial charge < -0.3 is 15.0 Å². The van der Waals surface area contributed by atoms with Gasteiger partial charge in [-0.2, -0.15) is 4.98 Å². The predicted molar refractivity (Wildman–Crippen MR) is 78.0 cm³/mol. The molecule has 0 radical (unpaired) electrons. The van der Waals surface area contributed by atoms with Crippen molar-refractivity contribution in [3.05, 3.63) is 29.8 Å². The zero-order valence-corrected chi connectivity index (χ0v) is 12.5. The van der Waals surface area contributed by atoms with Crippen LogP contribution in [0.2, 0.25) is 0 Å². The van der Waals surface area contributed by atoms with Crippen LogP contribution in [0.5, 0.6) is 0 Å². The number of nitrogens with two attached hydrogens (primary N) is 1. The summed E-state index contributed by atoms with van der Waals surface area (Å²) in [7, 11) is 0. The van der Waals surface area contributed by atoms with Crippen molar-refractivity contribution in [3.8, 4) is 11.5 Å². The number of ether oxygens (including phenoxy) is 1. The molecule has 1 heterocycles. The van der Waals surface area contributed by atoms with E-state index in [9.17, 15) is 4.39 Å². The summed E-state index contributed by atoms with van der Waals surface area (Å²) in [5.41, 5.74) is 5.48. The Morgan fingerprint density at radius 1 is 1.29 bits per heavy atom. The molecule has 0 bridgehead atoms. The maximum Gasteiger partial charge on any atom is 0.258 e. The van der Waals surface area contributed by atoms with Crippen molar-refractivity contribution in [3.63, 3.8) is 0 Å². The molecule has 6 heteroatoms. The molecular weight excluding hydrogens is 273 g/mol. The molecule has 2 aromatic rings. The fourth-order valence-corrected chi connectivity index (χ4v) is 2.30. The molecule has 0 saturated carbocycles. The summed E-state index contributed by atoms with van der Waals surface area (Å²) in [6, 6.07) is 4.41. The van der Waals surface area contributed by atoms with Gasteiger partial charge in [-0.15, -0.1) is 0 Å². The van der Waals surface area contributed by atoms with Crippen LogP contribution in [0.3, 0.4) is 0 Å². The van der Waals surface area contributed by atoms with Crippen LogP contribution in [0.4, 0.5) is 10.1 Å². The van der Waals surface area contributed by atoms with Crippen LogP contribution in [0.25, 0.3) is 11.5 Å². The summed E-state index contributed by atoms with van der Waals surface area (Å²) in [5, 5.41) is 4.01. The zero-order chi connectivity index (χ0) is 15.5. The molecule has 0 aliphatic carbocycles. The summed E-state index contributed by atoms with van der Waals surface area (Å²) >= 11 is 0. The number of halogens is 1. The van der Waals surface area contributed by atoms with Crippen molar-refractivity contribution in [2.75, 3.05) is 12.3 Å². The van der Waals surface area contributed by atoms with Crippen LogP contribution >= 0.6 is 0 Å². The van der Waals surface area contributed by atoms with Gasteiger partial charge >= 0.3 is 0 Å². The van der Waals surface area contributed by atoms with Gasteiger partial charge in [0.05, 0.1) is 5.69 Å². The van der Waals surface area contributed by atoms with E-state index in [-0.39, 0.29) is 11.6 Å². The average Bonchev–Trinajstić information content (AvgIpc) is 2.98. The molecule has 5 nitrogen and oxygen atoms in total. The Balaban J connectivity index is 2.38. The molecule has 0 saturated heterocycles. The topological polar surface area (TPSA) is 74.2 Å². The molecule has 0 fully saturated rings. The third kappa shape index (κ3) is 2.90. The molecular formula is C15H20FN3O2. The van der Waals surface area contributed by atoms with E-state index in [4.69, 9.17) is 15.0 Å². The second kappa shape index (κ2) is 6.22. The number of nitrogens with zero attached hydrogens (tertiary/aromatic N) is 2. The van der Waals surface area contributed by atoms with Crippen molar-refractivity contribution < 1.29 is 13.7 Å². The Morgan fingerprint density at radius 2 is 2.00 bits per heavy atom. The van der Waals surface area contributed by atoms with Crippen LogP contribution in [0, 0.1) is 5.82 Å². The lowest BCUT2D eigenvalue weighted by Crippen LogP contribution is -2.29. The Morgan fingerprint density at radius 3 is 2.57 bits per heavy atom. The van der Waals surface area contributed by atoms with Gasteiger partial charge in [0.15, 0.2) is 0 Å². The molecule has 0 aliphatic heterocycles. The van der Waals surface area contributed by atoms with E-state index in [1.807, 2.05) is 20.8 Å². The largest absolute Gasteiger partial charge is 0.396 e. The van der Waals surface area contributed by atoms with Crippen LogP contribution in [0.15, 0.2) is 22.7 Å². The Kier molecular flexibility index (Phi) is 4.57. The van der Waals surface area contributed by atoms with E-state index in [2.05, 4.69) is 10.1 Å². The van der Waals surface area contributed by atoms with E-state index in [0.717, 1.165) is 12.8 Å². The van der Waals surface area contributed by atoms with Gasteiger partial charge in [-0.25, -0.2) is 4.39 Å². The van der Waals surface area contributed by atoms with Crippen molar-refractivity contribution >= 4 is 5.69 Å². The molecule has 114 valence electrons. The fourth-order valence-electron chi connectivity index (χ4n) is 2.30. The van der Waals surface area contributed by atoms with Crippen LogP contribution in [0.1, 0.15) is 39.4 Å². The number of benzene rings is 1. The first kappa shape index (κ1) is 15.4. The highest BCUT2D eigenvalue weighted by Gasteiger charge is 2.34. The maximum absolute atomic E-state index is 13.5. The minimum Gasteiger partial charge on any atom is -0.396 e. The van der Waals surface area contributed by atoms with Crippen molar-refractivity contribution in [1.82, 2.24) is 10.1 Å². The van der Waals surface area contributed by atoms with E-state index >= 15 is 0 Å². The fraction of sp³-hybridized carbons (Fsp3) is 0.467. The number of nitrogen functional groups attached to an aromatic ring is 1. The summed E-state index contributed by atoms with van der Waals surface area (Å²) in [5.74, 6) is 0.241. The van der Waals surface area contributed by atoms with Crippen LogP contribution in [-0.4, -0.2) is 16.7 Å². The van der Waals surface area contributed by atoms with E-state index < -0.39 is 11.4 Å². The number of anilines is 1. The lowest BCUT2D eigenvalue weighted by Gasteiger charge is -2.27. The molecule has 0 atom stereocenters. The standard InChI is InChI=1S/C15H20FN3O2/c1-4-15(5-2,20-6-3)14-18-13(21-19-14)10-7-8-12(17)11(16)9-10/h7-9H,4-6,17H2,1-3H3. The van der Waals surface area contributed by atoms with Gasteiger partial charge in [-0.05, 0) is 38.0 Å². The Bertz CT molecular complexity index is 609. The minimum absolute atomic E-state index is 0.0873. The summed E-state index contributed by atoms with van der Waals surface area (Å²) in [6.45, 7) is 6.51. The quantitative estimate of drug-likeness (QED) is 0.825. The molecule has 2 rings (SSSR count). The highest BCUT2D eigenvalue weighted by molar-refractivity contribution is 5.57. The number of rotatable bonds is 6. The maximum atomic E-state index is 13.5. The monoisotopic (exact) mass is 293 g/mol. The minimum atomic E-state index is -0.567. The first-order chi connectivity index (χ1) is 10.1. The second-order valence-corrected chi connectivity index (χ2v) is 4.79. The average molecular weight is 293 g/mol. The van der Waals surface area contributed by atoms with Gasteiger partial charge in [0.25, 0.3) is 5.89 Å². The highest BCUT2D eigenvalue weighted by atomic mass is 19.1. The van der Waals surface area contributed by atoms with Gasteiger partial charge in [0.2, 0.25) is 5.82 Å². The molecule has 0 aliphatic rings. The van der Waals surface area contributed by atoms with Crippen LogP contribution < -0.4 is 5.73 Å². The molecule has 21 heavy (non-hydrogen) atoms. The lowest BCUT2D eigenvalue weighted by molar-refractivity contribution is -0.0583. The smallest absolute Gasteiger partial charge is 0.258 e. The lowest BCUT2D eigenvalue weighted by atomic mass is 9.96. The number of hydrogen-bond acceptors (Lipinski definition) is 5.